The zero-order valence-corrected chi connectivity index (χ0v) is 20.2. The second-order valence-corrected chi connectivity index (χ2v) is 8.66. The zero-order chi connectivity index (χ0) is 24.5. The molecule has 34 heavy (non-hydrogen) atoms. The van der Waals surface area contributed by atoms with Crippen LogP contribution in [0.1, 0.15) is 43.7 Å². The van der Waals surface area contributed by atoms with E-state index < -0.39 is 17.2 Å². The maximum absolute atomic E-state index is 13.5. The summed E-state index contributed by atoms with van der Waals surface area (Å²) >= 11 is 4.07. The number of thiol groups is 1. The third-order valence-corrected chi connectivity index (χ3v) is 6.06. The summed E-state index contributed by atoms with van der Waals surface area (Å²) in [4.78, 5) is 54.0. The molecule has 2 atom stereocenters. The highest BCUT2D eigenvalue weighted by Crippen LogP contribution is 2.30. The van der Waals surface area contributed by atoms with Crippen molar-refractivity contribution in [1.29, 1.82) is 0 Å². The van der Waals surface area contributed by atoms with Crippen LogP contribution >= 0.6 is 12.6 Å². The van der Waals surface area contributed by atoms with Gasteiger partial charge < -0.3 is 14.5 Å². The van der Waals surface area contributed by atoms with Crippen LogP contribution in [-0.4, -0.2) is 51.4 Å². The van der Waals surface area contributed by atoms with E-state index in [1.54, 1.807) is 6.92 Å². The molecule has 0 spiro atoms. The van der Waals surface area contributed by atoms with E-state index in [9.17, 15) is 19.2 Å². The average molecular weight is 483 g/mol. The largest absolute Gasteiger partial charge is 0.466 e. The highest BCUT2D eigenvalue weighted by atomic mass is 32.1. The Morgan fingerprint density at radius 2 is 1.32 bits per heavy atom. The fraction of sp³-hybridized carbons (Fsp3) is 0.385. The van der Waals surface area contributed by atoms with Crippen LogP contribution in [0.25, 0.3) is 0 Å². The van der Waals surface area contributed by atoms with E-state index in [0.29, 0.717) is 19.4 Å². The lowest BCUT2D eigenvalue weighted by Gasteiger charge is -2.25. The number of carbonyl (C=O) groups excluding carboxylic acids is 4. The number of unbranched alkanes of at least 4 members (excludes halogenated alkanes) is 1. The molecule has 0 N–H and O–H groups in total. The molecule has 1 aliphatic heterocycles. The fourth-order valence-corrected chi connectivity index (χ4v) is 4.48. The van der Waals surface area contributed by atoms with Gasteiger partial charge in [0.2, 0.25) is 5.12 Å². The molecule has 2 amide bonds. The smallest absolute Gasteiger partial charge is 0.322 e. The summed E-state index contributed by atoms with van der Waals surface area (Å²) in [5.41, 5.74) is 1.72. The number of esters is 1. The molecule has 0 bridgehead atoms. The van der Waals surface area contributed by atoms with Gasteiger partial charge in [-0.25, -0.2) is 4.79 Å². The average Bonchev–Trinajstić information content (AvgIpc) is 3.10. The molecule has 0 saturated carbocycles. The van der Waals surface area contributed by atoms with Gasteiger partial charge in [-0.1, -0.05) is 60.7 Å². The summed E-state index contributed by atoms with van der Waals surface area (Å²) in [6, 6.07) is 16.4. The third kappa shape index (κ3) is 6.47. The van der Waals surface area contributed by atoms with Gasteiger partial charge in [-0.15, -0.1) is 12.6 Å². The summed E-state index contributed by atoms with van der Waals surface area (Å²) in [5, 5.41) is -0.523. The number of nitrogens with zero attached hydrogens (tertiary/aromatic N) is 2. The SMILES string of the molecule is CCOC(=O)CCCCC(=O)[C@@H]1[C@H](C(=O)S)N(Cc2ccccc2)C(=O)N1Cc1ccccc1. The number of hydrogen-bond donors (Lipinski definition) is 1. The lowest BCUT2D eigenvalue weighted by atomic mass is 9.98. The van der Waals surface area contributed by atoms with Gasteiger partial charge in [-0.2, -0.15) is 0 Å². The van der Waals surface area contributed by atoms with Crippen LogP contribution in [-0.2, 0) is 32.2 Å². The van der Waals surface area contributed by atoms with E-state index in [0.717, 1.165) is 11.1 Å². The van der Waals surface area contributed by atoms with Crippen LogP contribution in [0.15, 0.2) is 60.7 Å². The Hall–Kier alpha value is -3.13. The van der Waals surface area contributed by atoms with E-state index in [4.69, 9.17) is 4.74 Å². The predicted octanol–water partition coefficient (Wildman–Crippen LogP) is 4.01. The first kappa shape index (κ1) is 25.5. The van der Waals surface area contributed by atoms with E-state index in [1.165, 1.54) is 9.80 Å². The van der Waals surface area contributed by atoms with Crippen LogP contribution in [0.5, 0.6) is 0 Å². The normalized spacial score (nSPS) is 17.6. The van der Waals surface area contributed by atoms with Gasteiger partial charge in [0, 0.05) is 25.9 Å². The molecule has 1 saturated heterocycles. The number of ketones is 1. The Bertz CT molecular complexity index is 999. The number of urea groups is 1. The van der Waals surface area contributed by atoms with Gasteiger partial charge in [0.05, 0.1) is 6.61 Å². The first-order valence-corrected chi connectivity index (χ1v) is 11.9. The van der Waals surface area contributed by atoms with Gasteiger partial charge in [0.15, 0.2) is 5.78 Å². The van der Waals surface area contributed by atoms with Crippen LogP contribution in [0.4, 0.5) is 4.79 Å². The van der Waals surface area contributed by atoms with Gasteiger partial charge >= 0.3 is 12.0 Å². The van der Waals surface area contributed by atoms with Crippen molar-refractivity contribution in [2.45, 2.75) is 57.8 Å². The lowest BCUT2D eigenvalue weighted by Crippen LogP contribution is -2.46. The molecule has 8 heteroatoms. The first-order chi connectivity index (χ1) is 16.4. The maximum Gasteiger partial charge on any atom is 0.322 e. The molecule has 0 aliphatic carbocycles. The molecule has 0 aromatic heterocycles. The van der Waals surface area contributed by atoms with Crippen molar-refractivity contribution in [3.8, 4) is 0 Å². The minimum atomic E-state index is -0.989. The van der Waals surface area contributed by atoms with Gasteiger partial charge in [-0.3, -0.25) is 14.4 Å². The van der Waals surface area contributed by atoms with Crippen LogP contribution in [0.2, 0.25) is 0 Å². The number of Topliss-reactive ketones (excluding diaryl/α,β-unsaturated/α-hetero) is 1. The van der Waals surface area contributed by atoms with Crippen molar-refractivity contribution in [2.75, 3.05) is 6.61 Å². The number of carbonyl (C=O) groups is 4. The third-order valence-electron chi connectivity index (χ3n) is 5.80. The number of benzene rings is 2. The van der Waals surface area contributed by atoms with Crippen LogP contribution in [0.3, 0.4) is 0 Å². The van der Waals surface area contributed by atoms with E-state index in [-0.39, 0.29) is 43.7 Å². The highest BCUT2D eigenvalue weighted by molar-refractivity contribution is 7.96. The highest BCUT2D eigenvalue weighted by Gasteiger charge is 2.51. The van der Waals surface area contributed by atoms with Crippen molar-refractivity contribution < 1.29 is 23.9 Å². The number of hydrogen-bond acceptors (Lipinski definition) is 5. The molecule has 7 nitrogen and oxygen atoms in total. The van der Waals surface area contributed by atoms with Crippen LogP contribution < -0.4 is 0 Å². The minimum Gasteiger partial charge on any atom is -0.466 e. The molecule has 0 unspecified atom stereocenters. The molecule has 0 radical (unpaired) electrons. The number of amides is 2. The molecule has 2 aromatic rings. The zero-order valence-electron chi connectivity index (χ0n) is 19.3. The van der Waals surface area contributed by atoms with Gasteiger partial charge in [-0.05, 0) is 30.9 Å². The molecule has 1 aliphatic rings. The molecule has 180 valence electrons. The summed E-state index contributed by atoms with van der Waals surface area (Å²) in [6.07, 6.45) is 1.34. The Labute approximate surface area is 205 Å². The molecule has 1 heterocycles. The maximum atomic E-state index is 13.5. The van der Waals surface area contributed by atoms with Gasteiger partial charge in [0.1, 0.15) is 12.1 Å². The summed E-state index contributed by atoms with van der Waals surface area (Å²) in [5.74, 6) is -0.509. The second-order valence-electron chi connectivity index (χ2n) is 8.22. The monoisotopic (exact) mass is 482 g/mol. The molecule has 3 rings (SSSR count). The van der Waals surface area contributed by atoms with E-state index >= 15 is 0 Å². The van der Waals surface area contributed by atoms with Crippen molar-refractivity contribution in [3.05, 3.63) is 71.8 Å². The molecule has 1 fully saturated rings. The number of ether oxygens (including phenoxy) is 1. The lowest BCUT2D eigenvalue weighted by molar-refractivity contribution is -0.143. The van der Waals surface area contributed by atoms with Crippen molar-refractivity contribution >= 4 is 35.5 Å². The fourth-order valence-electron chi connectivity index (χ4n) is 4.20. The molecular formula is C26H30N2O5S. The Morgan fingerprint density at radius 1 is 0.824 bits per heavy atom. The first-order valence-electron chi connectivity index (χ1n) is 11.5. The quantitative estimate of drug-likeness (QED) is 0.281. The molecular weight excluding hydrogens is 452 g/mol. The summed E-state index contributed by atoms with van der Waals surface area (Å²) < 4.78 is 4.93. The van der Waals surface area contributed by atoms with Crippen LogP contribution in [0, 0.1) is 0 Å². The standard InChI is InChI=1S/C26H30N2O5S/c1-2-33-22(30)16-10-9-15-21(29)23-24(25(31)34)28(18-20-13-7-4-8-14-20)26(32)27(23)17-19-11-5-3-6-12-19/h3-8,11-14,23-24H,2,9-10,15-18H2,1H3,(H,31,34)/t23-,24-/m1/s1. The molecule has 2 aromatic carbocycles. The summed E-state index contributed by atoms with van der Waals surface area (Å²) in [6.45, 7) is 2.48. The predicted molar refractivity (Wildman–Crippen MR) is 131 cm³/mol. The minimum absolute atomic E-state index is 0.152. The van der Waals surface area contributed by atoms with Gasteiger partial charge in [0.25, 0.3) is 0 Å². The van der Waals surface area contributed by atoms with Crippen molar-refractivity contribution in [2.24, 2.45) is 0 Å². The van der Waals surface area contributed by atoms with Crippen molar-refractivity contribution in [1.82, 2.24) is 9.80 Å². The van der Waals surface area contributed by atoms with Crippen molar-refractivity contribution in [3.63, 3.8) is 0 Å². The summed E-state index contributed by atoms with van der Waals surface area (Å²) in [7, 11) is 0. The Morgan fingerprint density at radius 3 is 1.82 bits per heavy atom. The van der Waals surface area contributed by atoms with E-state index in [1.807, 2.05) is 60.7 Å². The Balaban J connectivity index is 1.81. The van der Waals surface area contributed by atoms with E-state index in [2.05, 4.69) is 12.6 Å². The topological polar surface area (TPSA) is 84.0 Å². The Kier molecular flexibility index (Phi) is 9.27. The second kappa shape index (κ2) is 12.4. The number of rotatable bonds is 12.